The SMILES string of the molecule is CC(=O)N(c1nc(CSc2nc3ccccc3o2)cs1)c1ccc(C)cc1C. The van der Waals surface area contributed by atoms with Gasteiger partial charge in [-0.05, 0) is 37.6 Å². The molecule has 142 valence electrons. The van der Waals surface area contributed by atoms with Gasteiger partial charge in [0, 0.05) is 18.1 Å². The number of para-hydroxylation sites is 2. The van der Waals surface area contributed by atoms with Crippen LogP contribution in [0.3, 0.4) is 0 Å². The Morgan fingerprint density at radius 3 is 2.75 bits per heavy atom. The van der Waals surface area contributed by atoms with Gasteiger partial charge in [-0.2, -0.15) is 0 Å². The van der Waals surface area contributed by atoms with Crippen LogP contribution in [0.1, 0.15) is 23.7 Å². The molecule has 0 saturated carbocycles. The molecule has 5 nitrogen and oxygen atoms in total. The fourth-order valence-corrected chi connectivity index (χ4v) is 4.69. The quantitative estimate of drug-likeness (QED) is 0.385. The van der Waals surface area contributed by atoms with Gasteiger partial charge >= 0.3 is 0 Å². The van der Waals surface area contributed by atoms with Gasteiger partial charge in [0.25, 0.3) is 5.22 Å². The molecule has 2 heterocycles. The molecule has 0 aliphatic carbocycles. The van der Waals surface area contributed by atoms with Crippen LogP contribution in [-0.4, -0.2) is 15.9 Å². The number of aromatic nitrogens is 2. The molecule has 2 aromatic carbocycles. The molecular weight excluding hydrogens is 390 g/mol. The summed E-state index contributed by atoms with van der Waals surface area (Å²) in [7, 11) is 0. The van der Waals surface area contributed by atoms with E-state index in [1.807, 2.05) is 55.6 Å². The maximum Gasteiger partial charge on any atom is 0.257 e. The molecule has 4 aromatic rings. The Morgan fingerprint density at radius 1 is 1.18 bits per heavy atom. The van der Waals surface area contributed by atoms with Crippen molar-refractivity contribution in [3.63, 3.8) is 0 Å². The molecule has 4 rings (SSSR count). The smallest absolute Gasteiger partial charge is 0.257 e. The van der Waals surface area contributed by atoms with Gasteiger partial charge in [-0.1, -0.05) is 41.6 Å². The van der Waals surface area contributed by atoms with Crippen LogP contribution in [0.15, 0.2) is 57.5 Å². The van der Waals surface area contributed by atoms with Crippen LogP contribution in [0, 0.1) is 13.8 Å². The monoisotopic (exact) mass is 409 g/mol. The Morgan fingerprint density at radius 2 is 2.00 bits per heavy atom. The second-order valence-corrected chi connectivity index (χ2v) is 8.27. The first-order valence-corrected chi connectivity index (χ1v) is 10.7. The minimum atomic E-state index is -0.0561. The van der Waals surface area contributed by atoms with Crippen LogP contribution in [0.5, 0.6) is 0 Å². The molecule has 2 aromatic heterocycles. The largest absolute Gasteiger partial charge is 0.431 e. The van der Waals surface area contributed by atoms with E-state index < -0.39 is 0 Å². The Kier molecular flexibility index (Phi) is 5.19. The summed E-state index contributed by atoms with van der Waals surface area (Å²) in [4.78, 5) is 23.2. The number of nitrogens with zero attached hydrogens (tertiary/aromatic N) is 3. The van der Waals surface area contributed by atoms with Crippen molar-refractivity contribution < 1.29 is 9.21 Å². The number of thioether (sulfide) groups is 1. The topological polar surface area (TPSA) is 59.2 Å². The van der Waals surface area contributed by atoms with E-state index >= 15 is 0 Å². The number of benzene rings is 2. The van der Waals surface area contributed by atoms with Gasteiger partial charge in [-0.3, -0.25) is 9.69 Å². The highest BCUT2D eigenvalue weighted by atomic mass is 32.2. The first-order chi connectivity index (χ1) is 13.5. The predicted octanol–water partition coefficient (Wildman–Crippen LogP) is 5.88. The number of fused-ring (bicyclic) bond motifs is 1. The van der Waals surface area contributed by atoms with Gasteiger partial charge in [0.15, 0.2) is 10.7 Å². The normalized spacial score (nSPS) is 11.1. The van der Waals surface area contributed by atoms with Crippen molar-refractivity contribution in [2.24, 2.45) is 0 Å². The minimum Gasteiger partial charge on any atom is -0.431 e. The van der Waals surface area contributed by atoms with E-state index in [9.17, 15) is 4.79 Å². The van der Waals surface area contributed by atoms with Crippen molar-refractivity contribution in [1.29, 1.82) is 0 Å². The van der Waals surface area contributed by atoms with Crippen molar-refractivity contribution in [2.75, 3.05) is 4.90 Å². The summed E-state index contributed by atoms with van der Waals surface area (Å²) in [5.74, 6) is 0.571. The highest BCUT2D eigenvalue weighted by Gasteiger charge is 2.20. The number of carbonyl (C=O) groups is 1. The zero-order valence-corrected chi connectivity index (χ0v) is 17.4. The van der Waals surface area contributed by atoms with Crippen molar-refractivity contribution in [3.05, 3.63) is 64.7 Å². The summed E-state index contributed by atoms with van der Waals surface area (Å²) < 4.78 is 5.74. The van der Waals surface area contributed by atoms with E-state index in [4.69, 9.17) is 4.42 Å². The molecule has 0 spiro atoms. The first-order valence-electron chi connectivity index (χ1n) is 8.82. The Labute approximate surface area is 171 Å². The zero-order chi connectivity index (χ0) is 19.7. The van der Waals surface area contributed by atoms with Crippen LogP contribution in [-0.2, 0) is 10.5 Å². The van der Waals surface area contributed by atoms with Crippen molar-refractivity contribution in [1.82, 2.24) is 9.97 Å². The molecule has 0 aliphatic rings. The van der Waals surface area contributed by atoms with E-state index in [0.717, 1.165) is 28.0 Å². The Bertz CT molecular complexity index is 1120. The number of amides is 1. The number of thiazole rings is 1. The summed E-state index contributed by atoms with van der Waals surface area (Å²) in [6.45, 7) is 5.61. The fourth-order valence-electron chi connectivity index (χ4n) is 2.98. The lowest BCUT2D eigenvalue weighted by Crippen LogP contribution is -2.23. The van der Waals surface area contributed by atoms with Crippen LogP contribution >= 0.6 is 23.1 Å². The molecule has 0 fully saturated rings. The van der Waals surface area contributed by atoms with Crippen molar-refractivity contribution in [3.8, 4) is 0 Å². The molecule has 0 N–H and O–H groups in total. The zero-order valence-electron chi connectivity index (χ0n) is 15.8. The maximum absolute atomic E-state index is 12.3. The molecule has 0 aliphatic heterocycles. The molecule has 0 radical (unpaired) electrons. The van der Waals surface area contributed by atoms with Gasteiger partial charge < -0.3 is 4.42 Å². The number of rotatable bonds is 5. The number of hydrogen-bond acceptors (Lipinski definition) is 6. The number of aryl methyl sites for hydroxylation is 2. The standard InChI is InChI=1S/C21H19N3O2S2/c1-13-8-9-18(14(2)10-13)24(15(3)25)20-22-16(11-27-20)12-28-21-23-17-6-4-5-7-19(17)26-21/h4-11H,12H2,1-3H3. The van der Waals surface area contributed by atoms with Crippen molar-refractivity contribution >= 4 is 50.9 Å². The lowest BCUT2D eigenvalue weighted by molar-refractivity contribution is -0.115. The van der Waals surface area contributed by atoms with Gasteiger partial charge in [0.05, 0.1) is 11.4 Å². The lowest BCUT2D eigenvalue weighted by atomic mass is 10.1. The van der Waals surface area contributed by atoms with Gasteiger partial charge in [-0.25, -0.2) is 9.97 Å². The highest BCUT2D eigenvalue weighted by molar-refractivity contribution is 7.98. The second-order valence-electron chi connectivity index (χ2n) is 6.50. The van der Waals surface area contributed by atoms with Gasteiger partial charge in [-0.15, -0.1) is 11.3 Å². The summed E-state index contributed by atoms with van der Waals surface area (Å²) in [5.41, 5.74) is 5.60. The number of anilines is 2. The Hall–Kier alpha value is -2.64. The maximum atomic E-state index is 12.3. The molecule has 28 heavy (non-hydrogen) atoms. The third-order valence-electron chi connectivity index (χ3n) is 4.26. The van der Waals surface area contributed by atoms with E-state index in [0.29, 0.717) is 16.1 Å². The third kappa shape index (κ3) is 3.81. The molecule has 0 atom stereocenters. The van der Waals surface area contributed by atoms with Crippen LogP contribution in [0.4, 0.5) is 10.8 Å². The third-order valence-corrected chi connectivity index (χ3v) is 5.99. The van der Waals surface area contributed by atoms with E-state index in [-0.39, 0.29) is 5.91 Å². The predicted molar refractivity (Wildman–Crippen MR) is 114 cm³/mol. The van der Waals surface area contributed by atoms with Crippen LogP contribution < -0.4 is 4.90 Å². The lowest BCUT2D eigenvalue weighted by Gasteiger charge is -2.20. The fraction of sp³-hybridized carbons (Fsp3) is 0.190. The van der Waals surface area contributed by atoms with E-state index in [1.54, 1.807) is 11.8 Å². The summed E-state index contributed by atoms with van der Waals surface area (Å²) in [5, 5.41) is 3.27. The summed E-state index contributed by atoms with van der Waals surface area (Å²) in [6.07, 6.45) is 0. The average molecular weight is 410 g/mol. The summed E-state index contributed by atoms with van der Waals surface area (Å²) in [6, 6.07) is 13.8. The molecule has 7 heteroatoms. The summed E-state index contributed by atoms with van der Waals surface area (Å²) >= 11 is 2.96. The number of hydrogen-bond donors (Lipinski definition) is 0. The number of carbonyl (C=O) groups excluding carboxylic acids is 1. The van der Waals surface area contributed by atoms with Gasteiger partial charge in [0.1, 0.15) is 5.52 Å². The minimum absolute atomic E-state index is 0.0561. The highest BCUT2D eigenvalue weighted by Crippen LogP contribution is 2.33. The molecule has 0 saturated heterocycles. The Balaban J connectivity index is 1.54. The van der Waals surface area contributed by atoms with Crippen LogP contribution in [0.25, 0.3) is 11.1 Å². The van der Waals surface area contributed by atoms with E-state index in [1.165, 1.54) is 28.7 Å². The van der Waals surface area contributed by atoms with Crippen LogP contribution in [0.2, 0.25) is 0 Å². The van der Waals surface area contributed by atoms with Gasteiger partial charge in [0.2, 0.25) is 5.91 Å². The molecule has 0 bridgehead atoms. The molecule has 1 amide bonds. The number of oxazole rings is 1. The first kappa shape index (κ1) is 18.7. The molecular formula is C21H19N3O2S2. The average Bonchev–Trinajstić information content (AvgIpc) is 3.28. The van der Waals surface area contributed by atoms with E-state index in [2.05, 4.69) is 16.0 Å². The van der Waals surface area contributed by atoms with Crippen molar-refractivity contribution in [2.45, 2.75) is 31.7 Å². The molecule has 0 unspecified atom stereocenters. The second kappa shape index (κ2) is 7.77.